The zero-order valence-corrected chi connectivity index (χ0v) is 11.6. The molecule has 0 aliphatic carbocycles. The first-order chi connectivity index (χ1) is 10.0. The van der Waals surface area contributed by atoms with Crippen molar-refractivity contribution < 1.29 is 23.0 Å². The number of thiophene rings is 1. The summed E-state index contributed by atoms with van der Waals surface area (Å²) in [5.74, 6) is 5.03. The van der Waals surface area contributed by atoms with E-state index in [9.17, 15) is 13.2 Å². The molecule has 1 heterocycles. The summed E-state index contributed by atoms with van der Waals surface area (Å²) in [6, 6.07) is 6.83. The number of rotatable bonds is 3. The summed E-state index contributed by atoms with van der Waals surface area (Å²) in [5.41, 5.74) is -0.0846. The largest absolute Gasteiger partial charge is 0.487 e. The van der Waals surface area contributed by atoms with E-state index < -0.39 is 11.7 Å². The average Bonchev–Trinajstić information content (AvgIpc) is 2.90. The Morgan fingerprint density at radius 1 is 1.24 bits per heavy atom. The average molecular weight is 312 g/mol. The molecule has 2 aromatic rings. The van der Waals surface area contributed by atoms with Crippen LogP contribution in [0.3, 0.4) is 0 Å². The summed E-state index contributed by atoms with van der Waals surface area (Å²) in [4.78, 5) is 0.759. The van der Waals surface area contributed by atoms with Crippen LogP contribution in [0.5, 0.6) is 5.75 Å². The summed E-state index contributed by atoms with van der Waals surface area (Å²) in [5, 5.41) is 10.4. The third-order valence-corrected chi connectivity index (χ3v) is 3.44. The van der Waals surface area contributed by atoms with Crippen LogP contribution < -0.4 is 4.74 Å². The Morgan fingerprint density at radius 2 is 2.00 bits per heavy atom. The second-order valence-electron chi connectivity index (χ2n) is 4.04. The number of aliphatic hydroxyl groups excluding tert-OH is 1. The fourth-order valence-electron chi connectivity index (χ4n) is 1.64. The van der Waals surface area contributed by atoms with E-state index in [-0.39, 0.29) is 19.0 Å². The van der Waals surface area contributed by atoms with Gasteiger partial charge < -0.3 is 9.84 Å². The van der Waals surface area contributed by atoms with Gasteiger partial charge in [0, 0.05) is 15.8 Å². The molecule has 110 valence electrons. The third-order valence-electron chi connectivity index (χ3n) is 2.53. The second kappa shape index (κ2) is 6.66. The molecular formula is C15H11F3O2S. The SMILES string of the molecule is OCC#Cc1csc(COc2ccccc2C(F)(F)F)c1. The summed E-state index contributed by atoms with van der Waals surface area (Å²) in [7, 11) is 0. The van der Waals surface area contributed by atoms with Gasteiger partial charge in [-0.15, -0.1) is 11.3 Å². The molecule has 2 nitrogen and oxygen atoms in total. The highest BCUT2D eigenvalue weighted by Crippen LogP contribution is 2.36. The van der Waals surface area contributed by atoms with Gasteiger partial charge >= 0.3 is 6.18 Å². The Balaban J connectivity index is 2.08. The highest BCUT2D eigenvalue weighted by Gasteiger charge is 2.33. The van der Waals surface area contributed by atoms with Gasteiger partial charge in [0.25, 0.3) is 0 Å². The van der Waals surface area contributed by atoms with Crippen molar-refractivity contribution in [2.75, 3.05) is 6.61 Å². The molecule has 0 aliphatic heterocycles. The molecule has 2 rings (SSSR count). The molecule has 0 radical (unpaired) electrons. The van der Waals surface area contributed by atoms with Crippen LogP contribution in [0.25, 0.3) is 0 Å². The summed E-state index contributed by atoms with van der Waals surface area (Å²) in [6.07, 6.45) is -4.44. The fourth-order valence-corrected chi connectivity index (χ4v) is 2.37. The lowest BCUT2D eigenvalue weighted by atomic mass is 10.2. The number of ether oxygens (including phenoxy) is 1. The summed E-state index contributed by atoms with van der Waals surface area (Å²) < 4.78 is 43.7. The van der Waals surface area contributed by atoms with Gasteiger partial charge in [-0.25, -0.2) is 0 Å². The Kier molecular flexibility index (Phi) is 4.89. The van der Waals surface area contributed by atoms with Crippen molar-refractivity contribution in [2.45, 2.75) is 12.8 Å². The van der Waals surface area contributed by atoms with Crippen LogP contribution in [-0.2, 0) is 12.8 Å². The van der Waals surface area contributed by atoms with Crippen LogP contribution in [0.1, 0.15) is 16.0 Å². The number of para-hydroxylation sites is 1. The maximum atomic E-state index is 12.8. The molecule has 0 spiro atoms. The lowest BCUT2D eigenvalue weighted by Crippen LogP contribution is -2.08. The maximum absolute atomic E-state index is 12.8. The monoisotopic (exact) mass is 312 g/mol. The Bertz CT molecular complexity index is 665. The molecule has 6 heteroatoms. The molecule has 0 unspecified atom stereocenters. The number of benzene rings is 1. The highest BCUT2D eigenvalue weighted by atomic mass is 32.1. The number of halogens is 3. The van der Waals surface area contributed by atoms with Gasteiger partial charge in [-0.05, 0) is 18.2 Å². The van der Waals surface area contributed by atoms with Gasteiger partial charge in [0.15, 0.2) is 0 Å². The molecule has 21 heavy (non-hydrogen) atoms. The molecule has 0 amide bonds. The number of hydrogen-bond donors (Lipinski definition) is 1. The van der Waals surface area contributed by atoms with E-state index in [0.29, 0.717) is 5.56 Å². The van der Waals surface area contributed by atoms with Crippen molar-refractivity contribution in [1.29, 1.82) is 0 Å². The predicted molar refractivity (Wildman–Crippen MR) is 74.1 cm³/mol. The van der Waals surface area contributed by atoms with Crippen LogP contribution >= 0.6 is 11.3 Å². The van der Waals surface area contributed by atoms with E-state index in [1.54, 1.807) is 11.4 Å². The zero-order valence-electron chi connectivity index (χ0n) is 10.8. The first-order valence-corrected chi connectivity index (χ1v) is 6.85. The minimum absolute atomic E-state index is 0.0402. The molecule has 0 fully saturated rings. The van der Waals surface area contributed by atoms with Gasteiger partial charge in [0.2, 0.25) is 0 Å². The Labute approximate surface area is 123 Å². The molecule has 0 aliphatic rings. The topological polar surface area (TPSA) is 29.5 Å². The Hall–Kier alpha value is -1.97. The third kappa shape index (κ3) is 4.25. The summed E-state index contributed by atoms with van der Waals surface area (Å²) >= 11 is 1.34. The van der Waals surface area contributed by atoms with Gasteiger partial charge in [-0.3, -0.25) is 0 Å². The number of hydrogen-bond acceptors (Lipinski definition) is 3. The van der Waals surface area contributed by atoms with Crippen molar-refractivity contribution in [2.24, 2.45) is 0 Å². The van der Waals surface area contributed by atoms with E-state index in [2.05, 4.69) is 11.8 Å². The van der Waals surface area contributed by atoms with Crippen molar-refractivity contribution in [1.82, 2.24) is 0 Å². The lowest BCUT2D eigenvalue weighted by molar-refractivity contribution is -0.139. The van der Waals surface area contributed by atoms with E-state index in [0.717, 1.165) is 10.9 Å². The minimum Gasteiger partial charge on any atom is -0.487 e. The van der Waals surface area contributed by atoms with E-state index in [1.165, 1.54) is 29.5 Å². The standard InChI is InChI=1S/C15H11F3O2S/c16-15(17,18)13-5-1-2-6-14(13)20-9-12-8-11(10-21-12)4-3-7-19/h1-2,5-6,8,10,19H,7,9H2. The minimum atomic E-state index is -4.44. The summed E-state index contributed by atoms with van der Waals surface area (Å²) in [6.45, 7) is -0.195. The number of alkyl halides is 3. The van der Waals surface area contributed by atoms with E-state index >= 15 is 0 Å². The normalized spacial score (nSPS) is 10.9. The first kappa shape index (κ1) is 15.4. The second-order valence-corrected chi connectivity index (χ2v) is 5.04. The van der Waals surface area contributed by atoms with Crippen molar-refractivity contribution in [3.05, 3.63) is 51.7 Å². The first-order valence-electron chi connectivity index (χ1n) is 5.97. The molecule has 1 aromatic heterocycles. The highest BCUT2D eigenvalue weighted by molar-refractivity contribution is 7.10. The quantitative estimate of drug-likeness (QED) is 0.876. The van der Waals surface area contributed by atoms with Gasteiger partial charge in [-0.2, -0.15) is 13.2 Å². The molecular weight excluding hydrogens is 301 g/mol. The van der Waals surface area contributed by atoms with Gasteiger partial charge in [-0.1, -0.05) is 24.0 Å². The van der Waals surface area contributed by atoms with E-state index in [4.69, 9.17) is 9.84 Å². The van der Waals surface area contributed by atoms with Crippen LogP contribution in [0.4, 0.5) is 13.2 Å². The van der Waals surface area contributed by atoms with Gasteiger partial charge in [0.1, 0.15) is 19.0 Å². The molecule has 1 N–H and O–H groups in total. The molecule has 1 aromatic carbocycles. The lowest BCUT2D eigenvalue weighted by Gasteiger charge is -2.12. The zero-order chi connectivity index (χ0) is 15.3. The fraction of sp³-hybridized carbons (Fsp3) is 0.200. The smallest absolute Gasteiger partial charge is 0.419 e. The Morgan fingerprint density at radius 3 is 2.71 bits per heavy atom. The molecule has 0 bridgehead atoms. The molecule has 0 atom stereocenters. The van der Waals surface area contributed by atoms with Crippen LogP contribution in [0.15, 0.2) is 35.7 Å². The van der Waals surface area contributed by atoms with Crippen molar-refractivity contribution in [3.63, 3.8) is 0 Å². The van der Waals surface area contributed by atoms with Crippen molar-refractivity contribution in [3.8, 4) is 17.6 Å². The van der Waals surface area contributed by atoms with Crippen LogP contribution in [0.2, 0.25) is 0 Å². The molecule has 0 saturated carbocycles. The van der Waals surface area contributed by atoms with Crippen LogP contribution in [-0.4, -0.2) is 11.7 Å². The van der Waals surface area contributed by atoms with E-state index in [1.807, 2.05) is 0 Å². The maximum Gasteiger partial charge on any atom is 0.419 e. The van der Waals surface area contributed by atoms with Crippen LogP contribution in [0, 0.1) is 11.8 Å². The number of aliphatic hydroxyl groups is 1. The molecule has 0 saturated heterocycles. The van der Waals surface area contributed by atoms with Gasteiger partial charge in [0.05, 0.1) is 5.56 Å². The predicted octanol–water partition coefficient (Wildman–Crippen LogP) is 3.69. The van der Waals surface area contributed by atoms with Crippen molar-refractivity contribution >= 4 is 11.3 Å².